The van der Waals surface area contributed by atoms with Crippen molar-refractivity contribution in [1.82, 2.24) is 0 Å². The molecule has 0 radical (unpaired) electrons. The van der Waals surface area contributed by atoms with Crippen molar-refractivity contribution in [2.75, 3.05) is 20.4 Å². The highest BCUT2D eigenvalue weighted by Crippen LogP contribution is 2.41. The van der Waals surface area contributed by atoms with Gasteiger partial charge in [0.1, 0.15) is 18.1 Å². The third-order valence-electron chi connectivity index (χ3n) is 12.0. The molecule has 6 aromatic rings. The predicted molar refractivity (Wildman–Crippen MR) is 260 cm³/mol. The van der Waals surface area contributed by atoms with E-state index in [0.29, 0.717) is 16.7 Å². The lowest BCUT2D eigenvalue weighted by Gasteiger charge is -2.39. The van der Waals surface area contributed by atoms with Crippen LogP contribution in [0.4, 0.5) is 27.1 Å². The number of nitrogens with one attached hydrogen (secondary N) is 2. The summed E-state index contributed by atoms with van der Waals surface area (Å²) in [6.07, 6.45) is -0.792. The average Bonchev–Trinajstić information content (AvgIpc) is 3.22. The summed E-state index contributed by atoms with van der Waals surface area (Å²) in [5, 5.41) is 7.10. The van der Waals surface area contributed by atoms with Crippen LogP contribution in [0.25, 0.3) is 0 Å². The minimum absolute atomic E-state index is 0.00815. The van der Waals surface area contributed by atoms with Gasteiger partial charge in [-0.15, -0.1) is 0 Å². The minimum Gasteiger partial charge on any atom is -0.360 e. The first-order valence-electron chi connectivity index (χ1n) is 22.0. The van der Waals surface area contributed by atoms with E-state index in [1.54, 1.807) is 11.0 Å². The van der Waals surface area contributed by atoms with E-state index in [1.807, 2.05) is 83.8 Å². The van der Waals surface area contributed by atoms with Gasteiger partial charge < -0.3 is 10.6 Å². The highest BCUT2D eigenvalue weighted by Gasteiger charge is 2.37. The van der Waals surface area contributed by atoms with Gasteiger partial charge in [0.05, 0.1) is 11.1 Å². The molecule has 0 aliphatic carbocycles. The lowest BCUT2D eigenvalue weighted by atomic mass is 9.79. The van der Waals surface area contributed by atoms with Crippen LogP contribution in [0.1, 0.15) is 150 Å². The van der Waals surface area contributed by atoms with Crippen molar-refractivity contribution >= 4 is 34.6 Å². The van der Waals surface area contributed by atoms with E-state index < -0.39 is 6.17 Å². The summed E-state index contributed by atoms with van der Waals surface area (Å²) in [6.45, 7) is 26.6. The number of hydrogen-bond donors (Lipinski definition) is 2. The van der Waals surface area contributed by atoms with E-state index in [9.17, 15) is 14.0 Å². The Morgan fingerprint density at radius 3 is 1.17 bits per heavy atom. The van der Waals surface area contributed by atoms with E-state index >= 15 is 0 Å². The first-order chi connectivity index (χ1) is 29.5. The van der Waals surface area contributed by atoms with Crippen LogP contribution in [0, 0.1) is 5.82 Å². The van der Waals surface area contributed by atoms with Crippen LogP contribution in [-0.2, 0) is 21.7 Å². The Bertz CT molecular complexity index is 2590. The first-order valence-corrected chi connectivity index (χ1v) is 22.0. The maximum atomic E-state index is 13.9. The summed E-state index contributed by atoms with van der Waals surface area (Å²) in [7, 11) is 0. The molecular weight excluding hydrogens is 780 g/mol. The molecule has 8 rings (SSSR count). The Hall–Kier alpha value is -6.21. The van der Waals surface area contributed by atoms with Crippen LogP contribution in [-0.4, -0.2) is 11.8 Å². The van der Waals surface area contributed by atoms with E-state index in [1.165, 1.54) is 34.4 Å². The second kappa shape index (κ2) is 16.8. The van der Waals surface area contributed by atoms with Gasteiger partial charge >= 0.3 is 0 Å². The number of para-hydroxylation sites is 2. The molecule has 0 saturated carbocycles. The molecule has 0 saturated heterocycles. The first kappa shape index (κ1) is 44.8. The molecule has 0 fully saturated rings. The molecule has 326 valence electrons. The van der Waals surface area contributed by atoms with E-state index in [-0.39, 0.29) is 45.5 Å². The normalized spacial score (nSPS) is 16.6. The second-order valence-corrected chi connectivity index (χ2v) is 21.0. The SMILES string of the molecule is CC(C)(C)c1ccc(N2C(=O)c3ccccc3NC2c2cc(C(C)(C)C)cc(C(C)(C)C)c2)cc1.CC(C)(C)c1ccc(N2C(=O)c3ccccc3NC2c2cccc(F)c2)cc1. The van der Waals surface area contributed by atoms with Crippen LogP contribution in [0.15, 0.2) is 140 Å². The average molecular weight is 843 g/mol. The largest absolute Gasteiger partial charge is 0.360 e. The van der Waals surface area contributed by atoms with Gasteiger partial charge in [0.25, 0.3) is 11.8 Å². The fourth-order valence-electron chi connectivity index (χ4n) is 8.10. The highest BCUT2D eigenvalue weighted by atomic mass is 19.1. The molecule has 2 unspecified atom stereocenters. The third-order valence-corrected chi connectivity index (χ3v) is 12.0. The van der Waals surface area contributed by atoms with Gasteiger partial charge in [0.15, 0.2) is 0 Å². The lowest BCUT2D eigenvalue weighted by Crippen LogP contribution is -2.43. The number of hydrogen-bond acceptors (Lipinski definition) is 4. The zero-order chi connectivity index (χ0) is 45.6. The molecule has 2 aliphatic rings. The molecule has 63 heavy (non-hydrogen) atoms. The third kappa shape index (κ3) is 9.58. The maximum absolute atomic E-state index is 13.9. The molecule has 2 heterocycles. The number of rotatable bonds is 4. The van der Waals surface area contributed by atoms with Crippen molar-refractivity contribution < 1.29 is 14.0 Å². The Labute approximate surface area is 374 Å². The monoisotopic (exact) mass is 842 g/mol. The van der Waals surface area contributed by atoms with Crippen LogP contribution in [0.2, 0.25) is 0 Å². The molecule has 2 aliphatic heterocycles. The Balaban J connectivity index is 0.000000193. The Morgan fingerprint density at radius 1 is 0.413 bits per heavy atom. The molecular formula is C56H63FN4O2. The predicted octanol–water partition coefficient (Wildman–Crippen LogP) is 14.2. The minimum atomic E-state index is -0.487. The number of anilines is 4. The molecule has 2 amide bonds. The zero-order valence-electron chi connectivity index (χ0n) is 39.0. The van der Waals surface area contributed by atoms with Crippen molar-refractivity contribution in [2.45, 2.75) is 117 Å². The summed E-state index contributed by atoms with van der Waals surface area (Å²) in [5.74, 6) is -0.410. The molecule has 6 nitrogen and oxygen atoms in total. The van der Waals surface area contributed by atoms with Crippen LogP contribution < -0.4 is 20.4 Å². The summed E-state index contributed by atoms with van der Waals surface area (Å²) in [4.78, 5) is 30.9. The number of nitrogens with zero attached hydrogens (tertiary/aromatic N) is 2. The quantitative estimate of drug-likeness (QED) is 0.186. The van der Waals surface area contributed by atoms with Crippen molar-refractivity contribution in [3.8, 4) is 0 Å². The van der Waals surface area contributed by atoms with Crippen molar-refractivity contribution in [3.63, 3.8) is 0 Å². The number of halogens is 1. The lowest BCUT2D eigenvalue weighted by molar-refractivity contribution is 0.0967. The molecule has 6 aromatic carbocycles. The summed E-state index contributed by atoms with van der Waals surface area (Å²) < 4.78 is 13.9. The smallest absolute Gasteiger partial charge is 0.262 e. The Kier molecular flexibility index (Phi) is 12.0. The van der Waals surface area contributed by atoms with Gasteiger partial charge in [-0.1, -0.05) is 162 Å². The van der Waals surface area contributed by atoms with E-state index in [4.69, 9.17) is 0 Å². The fraction of sp³-hybridized carbons (Fsp3) is 0.321. The van der Waals surface area contributed by atoms with Gasteiger partial charge in [0.2, 0.25) is 0 Å². The number of amides is 2. The van der Waals surface area contributed by atoms with Crippen molar-refractivity contribution in [2.24, 2.45) is 0 Å². The maximum Gasteiger partial charge on any atom is 0.262 e. The second-order valence-electron chi connectivity index (χ2n) is 21.0. The van der Waals surface area contributed by atoms with Gasteiger partial charge in [0, 0.05) is 22.7 Å². The fourth-order valence-corrected chi connectivity index (χ4v) is 8.10. The zero-order valence-corrected chi connectivity index (χ0v) is 39.0. The molecule has 0 bridgehead atoms. The molecule has 2 atom stereocenters. The molecule has 2 N–H and O–H groups in total. The summed E-state index contributed by atoms with van der Waals surface area (Å²) in [5.41, 5.74) is 11.5. The van der Waals surface area contributed by atoms with Crippen LogP contribution in [0.3, 0.4) is 0 Å². The Morgan fingerprint density at radius 2 is 0.794 bits per heavy atom. The van der Waals surface area contributed by atoms with Gasteiger partial charge in [-0.25, -0.2) is 4.39 Å². The van der Waals surface area contributed by atoms with Crippen molar-refractivity contribution in [3.05, 3.63) is 190 Å². The van der Waals surface area contributed by atoms with Crippen LogP contribution >= 0.6 is 0 Å². The molecule has 7 heteroatoms. The topological polar surface area (TPSA) is 64.7 Å². The number of fused-ring (bicyclic) bond motifs is 2. The summed E-state index contributed by atoms with van der Waals surface area (Å²) >= 11 is 0. The molecule has 0 spiro atoms. The highest BCUT2D eigenvalue weighted by molar-refractivity contribution is 6.13. The number of carbonyl (C=O) groups excluding carboxylic acids is 2. The van der Waals surface area contributed by atoms with E-state index in [2.05, 4.69) is 136 Å². The molecule has 0 aromatic heterocycles. The van der Waals surface area contributed by atoms with Gasteiger partial charge in [-0.2, -0.15) is 0 Å². The van der Waals surface area contributed by atoms with E-state index in [0.717, 1.165) is 28.3 Å². The van der Waals surface area contributed by atoms with Crippen molar-refractivity contribution in [1.29, 1.82) is 0 Å². The summed E-state index contributed by atoms with van der Waals surface area (Å²) in [6, 6.07) is 44.9. The standard InChI is InChI=1S/C32H40N2O.C24H23FN2O/c1-30(2,3)22-14-16-25(17-15-22)34-28(33-27-13-11-10-12-26(27)29(34)35)21-18-23(31(4,5)6)20-24(19-21)32(7,8)9;1-24(2,3)17-11-13-19(14-12-17)27-22(16-7-6-8-18(25)15-16)26-21-10-5-4-9-20(21)23(27)28/h10-20,28,33H,1-9H3;4-15,22,26H,1-3H3. The number of benzene rings is 6. The van der Waals surface area contributed by atoms with Gasteiger partial charge in [-0.3, -0.25) is 19.4 Å². The number of carbonyl (C=O) groups is 2. The van der Waals surface area contributed by atoms with Crippen LogP contribution in [0.5, 0.6) is 0 Å². The van der Waals surface area contributed by atoms with Gasteiger partial charge in [-0.05, 0) is 116 Å².